The van der Waals surface area contributed by atoms with Crippen molar-refractivity contribution in [1.29, 1.82) is 10.5 Å². The smallest absolute Gasteiger partial charge is 0.270 e. The number of rotatable bonds is 3. The molecule has 1 heterocycles. The number of nitro groups is 1. The summed E-state index contributed by atoms with van der Waals surface area (Å²) in [7, 11) is 0. The fraction of sp³-hybridized carbons (Fsp3) is 0.0714. The first kappa shape index (κ1) is 14.0. The van der Waals surface area contributed by atoms with Crippen molar-refractivity contribution in [3.8, 4) is 23.4 Å². The minimum atomic E-state index is -0.594. The van der Waals surface area contributed by atoms with Gasteiger partial charge in [0.2, 0.25) is 0 Å². The van der Waals surface area contributed by atoms with Crippen molar-refractivity contribution in [1.82, 2.24) is 4.57 Å². The van der Waals surface area contributed by atoms with E-state index in [-0.39, 0.29) is 17.8 Å². The zero-order valence-corrected chi connectivity index (χ0v) is 10.7. The van der Waals surface area contributed by atoms with Crippen LogP contribution in [0.3, 0.4) is 0 Å². The van der Waals surface area contributed by atoms with Crippen molar-refractivity contribution in [2.75, 3.05) is 0 Å². The molecule has 0 radical (unpaired) electrons. The van der Waals surface area contributed by atoms with Crippen molar-refractivity contribution in [2.24, 2.45) is 0 Å². The summed E-state index contributed by atoms with van der Waals surface area (Å²) in [6.07, 6.45) is 0. The Labute approximate surface area is 119 Å². The van der Waals surface area contributed by atoms with Crippen molar-refractivity contribution < 1.29 is 4.92 Å². The number of nitrogens with zero attached hydrogens (tertiary/aromatic N) is 4. The van der Waals surface area contributed by atoms with Crippen LogP contribution in [0.5, 0.6) is 0 Å². The number of hydrogen-bond acceptors (Lipinski definition) is 5. The van der Waals surface area contributed by atoms with E-state index in [9.17, 15) is 14.9 Å². The molecule has 0 unspecified atom stereocenters. The van der Waals surface area contributed by atoms with Crippen LogP contribution in [-0.2, 0) is 6.54 Å². The highest BCUT2D eigenvalue weighted by Gasteiger charge is 2.13. The maximum atomic E-state index is 12.1. The Morgan fingerprint density at radius 1 is 1.24 bits per heavy atom. The molecule has 0 bridgehead atoms. The summed E-state index contributed by atoms with van der Waals surface area (Å²) < 4.78 is 1.12. The van der Waals surface area contributed by atoms with Crippen LogP contribution >= 0.6 is 0 Å². The minimum absolute atomic E-state index is 0.0839. The first-order valence-corrected chi connectivity index (χ1v) is 5.84. The molecule has 102 valence electrons. The zero-order chi connectivity index (χ0) is 15.4. The SMILES string of the molecule is N#CCn1c(-c2cccc([N+](=O)[O-])c2)ccc(C#N)c1=O. The van der Waals surface area contributed by atoms with Crippen molar-refractivity contribution in [2.45, 2.75) is 6.54 Å². The number of aromatic nitrogens is 1. The highest BCUT2D eigenvalue weighted by atomic mass is 16.6. The van der Waals surface area contributed by atoms with Gasteiger partial charge in [0.25, 0.3) is 11.2 Å². The molecule has 7 heteroatoms. The lowest BCUT2D eigenvalue weighted by molar-refractivity contribution is -0.384. The molecule has 2 rings (SSSR count). The number of non-ortho nitro benzene ring substituents is 1. The van der Waals surface area contributed by atoms with E-state index in [2.05, 4.69) is 0 Å². The maximum absolute atomic E-state index is 12.1. The Morgan fingerprint density at radius 2 is 2.00 bits per heavy atom. The molecule has 0 fully saturated rings. The van der Waals surface area contributed by atoms with Crippen molar-refractivity contribution in [3.63, 3.8) is 0 Å². The normalized spacial score (nSPS) is 9.62. The van der Waals surface area contributed by atoms with E-state index in [0.29, 0.717) is 11.3 Å². The van der Waals surface area contributed by atoms with E-state index in [4.69, 9.17) is 10.5 Å². The molecule has 0 aliphatic heterocycles. The van der Waals surface area contributed by atoms with Crippen LogP contribution in [-0.4, -0.2) is 9.49 Å². The zero-order valence-electron chi connectivity index (χ0n) is 10.7. The van der Waals surface area contributed by atoms with Gasteiger partial charge in [-0.3, -0.25) is 19.5 Å². The van der Waals surface area contributed by atoms with Gasteiger partial charge in [0, 0.05) is 17.7 Å². The molecule has 0 saturated carbocycles. The second kappa shape index (κ2) is 5.68. The second-order valence-corrected chi connectivity index (χ2v) is 4.10. The summed E-state index contributed by atoms with van der Waals surface area (Å²) in [5.74, 6) is 0. The van der Waals surface area contributed by atoms with Crippen LogP contribution in [0.25, 0.3) is 11.3 Å². The van der Waals surface area contributed by atoms with E-state index in [1.54, 1.807) is 12.1 Å². The summed E-state index contributed by atoms with van der Waals surface area (Å²) in [6.45, 7) is -0.244. The second-order valence-electron chi connectivity index (χ2n) is 4.10. The number of nitriles is 2. The predicted molar refractivity (Wildman–Crippen MR) is 73.1 cm³/mol. The Hall–Kier alpha value is -3.45. The molecule has 0 N–H and O–H groups in total. The van der Waals surface area contributed by atoms with Gasteiger partial charge in [0.05, 0.1) is 16.7 Å². The average molecular weight is 280 g/mol. The fourth-order valence-electron chi connectivity index (χ4n) is 1.92. The number of hydrogen-bond donors (Lipinski definition) is 0. The molecular weight excluding hydrogens is 272 g/mol. The van der Waals surface area contributed by atoms with E-state index in [1.807, 2.05) is 6.07 Å². The summed E-state index contributed by atoms with van der Waals surface area (Å²) in [4.78, 5) is 22.3. The van der Waals surface area contributed by atoms with E-state index in [0.717, 1.165) is 4.57 Å². The molecule has 21 heavy (non-hydrogen) atoms. The summed E-state index contributed by atoms with van der Waals surface area (Å²) in [5.41, 5.74) is -0.0133. The third-order valence-electron chi connectivity index (χ3n) is 2.88. The largest absolute Gasteiger partial charge is 0.293 e. The molecule has 0 saturated heterocycles. The molecule has 0 aliphatic rings. The van der Waals surface area contributed by atoms with Crippen LogP contribution in [0.15, 0.2) is 41.2 Å². The van der Waals surface area contributed by atoms with Crippen LogP contribution in [0.1, 0.15) is 5.56 Å². The molecule has 0 amide bonds. The third kappa shape index (κ3) is 2.62. The minimum Gasteiger partial charge on any atom is -0.293 e. The van der Waals surface area contributed by atoms with Gasteiger partial charge in [0.15, 0.2) is 0 Å². The van der Waals surface area contributed by atoms with Crippen LogP contribution in [0, 0.1) is 32.8 Å². The van der Waals surface area contributed by atoms with Crippen LogP contribution in [0.2, 0.25) is 0 Å². The average Bonchev–Trinajstić information content (AvgIpc) is 2.49. The lowest BCUT2D eigenvalue weighted by Gasteiger charge is -2.10. The summed E-state index contributed by atoms with van der Waals surface area (Å²) in [5, 5.41) is 28.5. The highest BCUT2D eigenvalue weighted by molar-refractivity contribution is 5.63. The van der Waals surface area contributed by atoms with Gasteiger partial charge < -0.3 is 0 Å². The van der Waals surface area contributed by atoms with E-state index < -0.39 is 10.5 Å². The summed E-state index contributed by atoms with van der Waals surface area (Å²) in [6, 6.07) is 12.2. The monoisotopic (exact) mass is 280 g/mol. The summed E-state index contributed by atoms with van der Waals surface area (Å²) >= 11 is 0. The van der Waals surface area contributed by atoms with Gasteiger partial charge in [-0.05, 0) is 12.1 Å². The first-order chi connectivity index (χ1) is 10.1. The van der Waals surface area contributed by atoms with Crippen LogP contribution < -0.4 is 5.56 Å². The van der Waals surface area contributed by atoms with Crippen molar-refractivity contribution >= 4 is 5.69 Å². The molecule has 0 aliphatic carbocycles. The molecule has 1 aromatic carbocycles. The first-order valence-electron chi connectivity index (χ1n) is 5.84. The Morgan fingerprint density at radius 3 is 2.62 bits per heavy atom. The van der Waals surface area contributed by atoms with Gasteiger partial charge in [-0.1, -0.05) is 12.1 Å². The van der Waals surface area contributed by atoms with Crippen LogP contribution in [0.4, 0.5) is 5.69 Å². The van der Waals surface area contributed by atoms with E-state index >= 15 is 0 Å². The Balaban J connectivity index is 2.70. The Bertz CT molecular complexity index is 856. The van der Waals surface area contributed by atoms with Crippen molar-refractivity contribution in [3.05, 3.63) is 62.4 Å². The topological polar surface area (TPSA) is 113 Å². The van der Waals surface area contributed by atoms with Gasteiger partial charge in [-0.2, -0.15) is 10.5 Å². The number of benzene rings is 1. The van der Waals surface area contributed by atoms with Gasteiger partial charge in [-0.25, -0.2) is 0 Å². The van der Waals surface area contributed by atoms with Gasteiger partial charge in [0.1, 0.15) is 18.2 Å². The standard InChI is InChI=1S/C14H8N4O3/c15-6-7-17-13(5-4-11(9-16)14(17)19)10-2-1-3-12(8-10)18(20)21/h1-5,8H,7H2. The van der Waals surface area contributed by atoms with Gasteiger partial charge in [-0.15, -0.1) is 0 Å². The number of pyridine rings is 1. The Kier molecular flexibility index (Phi) is 3.78. The maximum Gasteiger partial charge on any atom is 0.270 e. The lowest BCUT2D eigenvalue weighted by Crippen LogP contribution is -2.23. The third-order valence-corrected chi connectivity index (χ3v) is 2.88. The molecular formula is C14H8N4O3. The quantitative estimate of drug-likeness (QED) is 0.628. The fourth-order valence-corrected chi connectivity index (χ4v) is 1.92. The predicted octanol–water partition coefficient (Wildman–Crippen LogP) is 1.82. The number of nitro benzene ring substituents is 1. The molecule has 0 spiro atoms. The molecule has 1 aromatic heterocycles. The van der Waals surface area contributed by atoms with E-state index in [1.165, 1.54) is 30.3 Å². The van der Waals surface area contributed by atoms with Gasteiger partial charge >= 0.3 is 0 Å². The molecule has 2 aromatic rings. The highest BCUT2D eigenvalue weighted by Crippen LogP contribution is 2.23. The molecule has 7 nitrogen and oxygen atoms in total. The molecule has 0 atom stereocenters. The lowest BCUT2D eigenvalue weighted by atomic mass is 10.1.